The standard InChI is InChI=1S/C23H37BrN2O4/c1-7-28-12-13-29-15-19-21(24)22(26-10-8-23(5,6)9-11-26)18(17(4)25-19)14-20(27)30-16(2)3/h16H,7-15H2,1-6H3. The molecule has 2 rings (SSSR count). The maximum absolute atomic E-state index is 12.5. The molecule has 1 aliphatic heterocycles. The average molecular weight is 485 g/mol. The van der Waals surface area contributed by atoms with Crippen LogP contribution in [-0.4, -0.2) is 50.0 Å². The van der Waals surface area contributed by atoms with E-state index >= 15 is 0 Å². The molecule has 0 saturated carbocycles. The van der Waals surface area contributed by atoms with Crippen molar-refractivity contribution < 1.29 is 19.0 Å². The van der Waals surface area contributed by atoms with E-state index in [0.717, 1.165) is 53.0 Å². The molecule has 1 aromatic rings. The van der Waals surface area contributed by atoms with Gasteiger partial charge in [-0.05, 0) is 61.9 Å². The fraction of sp³-hybridized carbons (Fsp3) is 0.739. The van der Waals surface area contributed by atoms with Gasteiger partial charge in [0, 0.05) is 31.0 Å². The van der Waals surface area contributed by atoms with E-state index in [2.05, 4.69) is 34.7 Å². The molecular weight excluding hydrogens is 448 g/mol. The molecule has 170 valence electrons. The normalized spacial score (nSPS) is 16.2. The second-order valence-corrected chi connectivity index (χ2v) is 9.69. The lowest BCUT2D eigenvalue weighted by atomic mass is 9.82. The number of rotatable bonds is 10. The number of aryl methyl sites for hydroxylation is 1. The first-order chi connectivity index (χ1) is 14.1. The fourth-order valence-corrected chi connectivity index (χ4v) is 4.31. The Labute approximate surface area is 189 Å². The van der Waals surface area contributed by atoms with Gasteiger partial charge in [-0.1, -0.05) is 13.8 Å². The first kappa shape index (κ1) is 25.1. The van der Waals surface area contributed by atoms with Crippen LogP contribution in [0, 0.1) is 12.3 Å². The van der Waals surface area contributed by atoms with Crippen LogP contribution in [0.5, 0.6) is 0 Å². The molecule has 0 amide bonds. The Hall–Kier alpha value is -1.18. The number of esters is 1. The Balaban J connectivity index is 2.30. The summed E-state index contributed by atoms with van der Waals surface area (Å²) < 4.78 is 17.5. The summed E-state index contributed by atoms with van der Waals surface area (Å²) in [6.45, 7) is 16.4. The van der Waals surface area contributed by atoms with Crippen molar-refractivity contribution in [1.29, 1.82) is 0 Å². The third-order valence-corrected chi connectivity index (χ3v) is 6.26. The van der Waals surface area contributed by atoms with Gasteiger partial charge in [-0.15, -0.1) is 0 Å². The number of piperidine rings is 1. The van der Waals surface area contributed by atoms with Crippen LogP contribution in [0.1, 0.15) is 64.4 Å². The second-order valence-electron chi connectivity index (χ2n) is 8.90. The van der Waals surface area contributed by atoms with Gasteiger partial charge in [0.25, 0.3) is 0 Å². The van der Waals surface area contributed by atoms with Crippen LogP contribution in [0.3, 0.4) is 0 Å². The number of hydrogen-bond donors (Lipinski definition) is 0. The minimum absolute atomic E-state index is 0.133. The molecule has 1 saturated heterocycles. The Kier molecular flexibility index (Phi) is 9.57. The summed E-state index contributed by atoms with van der Waals surface area (Å²) in [5.74, 6) is -0.221. The second kappa shape index (κ2) is 11.4. The van der Waals surface area contributed by atoms with Crippen LogP contribution in [0.25, 0.3) is 0 Å². The Morgan fingerprint density at radius 1 is 1.20 bits per heavy atom. The van der Waals surface area contributed by atoms with Gasteiger partial charge in [0.15, 0.2) is 0 Å². The lowest BCUT2D eigenvalue weighted by Gasteiger charge is -2.39. The molecule has 0 unspecified atom stereocenters. The molecule has 1 aliphatic rings. The van der Waals surface area contributed by atoms with Gasteiger partial charge in [0.1, 0.15) is 0 Å². The summed E-state index contributed by atoms with van der Waals surface area (Å²) in [6.07, 6.45) is 2.30. The van der Waals surface area contributed by atoms with Gasteiger partial charge >= 0.3 is 5.97 Å². The van der Waals surface area contributed by atoms with Crippen LogP contribution >= 0.6 is 15.9 Å². The molecule has 0 aromatic carbocycles. The average Bonchev–Trinajstić information content (AvgIpc) is 2.65. The predicted molar refractivity (Wildman–Crippen MR) is 123 cm³/mol. The van der Waals surface area contributed by atoms with Gasteiger partial charge in [0.2, 0.25) is 0 Å². The summed E-state index contributed by atoms with van der Waals surface area (Å²) in [5, 5.41) is 0. The monoisotopic (exact) mass is 484 g/mol. The van der Waals surface area contributed by atoms with Gasteiger partial charge in [0.05, 0.1) is 48.2 Å². The van der Waals surface area contributed by atoms with Crippen molar-refractivity contribution >= 4 is 27.6 Å². The van der Waals surface area contributed by atoms with Crippen LogP contribution in [0.4, 0.5) is 5.69 Å². The largest absolute Gasteiger partial charge is 0.463 e. The number of carbonyl (C=O) groups excluding carboxylic acids is 1. The van der Waals surface area contributed by atoms with Crippen LogP contribution in [0.2, 0.25) is 0 Å². The summed E-state index contributed by atoms with van der Waals surface area (Å²) in [4.78, 5) is 19.6. The molecule has 7 heteroatoms. The fourth-order valence-electron chi connectivity index (χ4n) is 3.61. The SMILES string of the molecule is CCOCCOCc1nc(C)c(CC(=O)OC(C)C)c(N2CCC(C)(C)CC2)c1Br. The summed E-state index contributed by atoms with van der Waals surface area (Å²) in [6, 6.07) is 0. The highest BCUT2D eigenvalue weighted by molar-refractivity contribution is 9.10. The topological polar surface area (TPSA) is 60.9 Å². The quantitative estimate of drug-likeness (QED) is 0.350. The van der Waals surface area contributed by atoms with E-state index in [1.54, 1.807) is 0 Å². The van der Waals surface area contributed by atoms with Gasteiger partial charge in [-0.25, -0.2) is 0 Å². The van der Waals surface area contributed by atoms with E-state index in [0.29, 0.717) is 31.8 Å². The number of carbonyl (C=O) groups is 1. The summed E-state index contributed by atoms with van der Waals surface area (Å²) in [5.41, 5.74) is 4.03. The molecule has 0 spiro atoms. The van der Waals surface area contributed by atoms with Crippen LogP contribution < -0.4 is 4.90 Å². The zero-order chi connectivity index (χ0) is 22.3. The number of anilines is 1. The van der Waals surface area contributed by atoms with Crippen molar-refractivity contribution in [3.05, 3.63) is 21.4 Å². The number of pyridine rings is 1. The number of ether oxygens (including phenoxy) is 3. The molecule has 30 heavy (non-hydrogen) atoms. The number of nitrogens with zero attached hydrogens (tertiary/aromatic N) is 2. The predicted octanol–water partition coefficient (Wildman–Crippen LogP) is 4.83. The maximum Gasteiger partial charge on any atom is 0.310 e. The van der Waals surface area contributed by atoms with Gasteiger partial charge in [-0.2, -0.15) is 0 Å². The highest BCUT2D eigenvalue weighted by atomic mass is 79.9. The van der Waals surface area contributed by atoms with E-state index in [4.69, 9.17) is 19.2 Å². The molecule has 0 bridgehead atoms. The van der Waals surface area contributed by atoms with Crippen molar-refractivity contribution in [2.75, 3.05) is 37.8 Å². The maximum atomic E-state index is 12.5. The van der Waals surface area contributed by atoms with Crippen molar-refractivity contribution in [1.82, 2.24) is 4.98 Å². The van der Waals surface area contributed by atoms with E-state index in [-0.39, 0.29) is 18.5 Å². The van der Waals surface area contributed by atoms with E-state index in [9.17, 15) is 4.79 Å². The molecule has 1 fully saturated rings. The molecule has 0 radical (unpaired) electrons. The highest BCUT2D eigenvalue weighted by Crippen LogP contribution is 2.39. The zero-order valence-electron chi connectivity index (χ0n) is 19.3. The van der Waals surface area contributed by atoms with E-state index in [1.165, 1.54) is 0 Å². The number of halogens is 1. The van der Waals surface area contributed by atoms with Crippen LogP contribution in [0.15, 0.2) is 4.47 Å². The minimum atomic E-state index is -0.221. The lowest BCUT2D eigenvalue weighted by Crippen LogP contribution is -2.38. The number of aromatic nitrogens is 1. The van der Waals surface area contributed by atoms with E-state index in [1.807, 2.05) is 27.7 Å². The first-order valence-corrected chi connectivity index (χ1v) is 11.7. The van der Waals surface area contributed by atoms with Crippen molar-refractivity contribution in [3.8, 4) is 0 Å². The molecule has 0 N–H and O–H groups in total. The molecule has 6 nitrogen and oxygen atoms in total. The molecule has 0 aliphatic carbocycles. The third kappa shape index (κ3) is 7.20. The molecule has 2 heterocycles. The van der Waals surface area contributed by atoms with Gasteiger partial charge < -0.3 is 19.1 Å². The first-order valence-electron chi connectivity index (χ1n) is 10.9. The highest BCUT2D eigenvalue weighted by Gasteiger charge is 2.30. The summed E-state index contributed by atoms with van der Waals surface area (Å²) in [7, 11) is 0. The smallest absolute Gasteiger partial charge is 0.310 e. The van der Waals surface area contributed by atoms with Gasteiger partial charge in [-0.3, -0.25) is 9.78 Å². The third-order valence-electron chi connectivity index (χ3n) is 5.42. The number of hydrogen-bond acceptors (Lipinski definition) is 6. The van der Waals surface area contributed by atoms with Crippen LogP contribution in [-0.2, 0) is 32.0 Å². The Morgan fingerprint density at radius 2 is 1.83 bits per heavy atom. The molecule has 0 atom stereocenters. The summed E-state index contributed by atoms with van der Waals surface area (Å²) >= 11 is 3.79. The molecular formula is C23H37BrN2O4. The van der Waals surface area contributed by atoms with Crippen molar-refractivity contribution in [2.45, 2.75) is 73.5 Å². The Morgan fingerprint density at radius 3 is 2.43 bits per heavy atom. The minimum Gasteiger partial charge on any atom is -0.463 e. The molecule has 1 aromatic heterocycles. The van der Waals surface area contributed by atoms with E-state index < -0.39 is 0 Å². The van der Waals surface area contributed by atoms with Crippen molar-refractivity contribution in [3.63, 3.8) is 0 Å². The lowest BCUT2D eigenvalue weighted by molar-refractivity contribution is -0.146. The van der Waals surface area contributed by atoms with Crippen molar-refractivity contribution in [2.24, 2.45) is 5.41 Å². The Bertz CT molecular complexity index is 712. The zero-order valence-corrected chi connectivity index (χ0v) is 20.9.